The number of aromatic nitrogens is 2. The van der Waals surface area contributed by atoms with Crippen LogP contribution in [-0.2, 0) is 0 Å². The molecule has 7 nitrogen and oxygen atoms in total. The summed E-state index contributed by atoms with van der Waals surface area (Å²) in [6.07, 6.45) is 2.57. The zero-order valence-corrected chi connectivity index (χ0v) is 9.39. The van der Waals surface area contributed by atoms with E-state index in [1.807, 2.05) is 4.81 Å². The molecule has 1 aromatic heterocycles. The van der Waals surface area contributed by atoms with Gasteiger partial charge in [-0.25, -0.2) is 9.97 Å². The van der Waals surface area contributed by atoms with Gasteiger partial charge in [-0.2, -0.15) is 0 Å². The van der Waals surface area contributed by atoms with Crippen LogP contribution >= 0.6 is 0 Å². The molecule has 1 aromatic rings. The van der Waals surface area contributed by atoms with E-state index < -0.39 is 14.2 Å². The molecule has 1 aliphatic heterocycles. The molecule has 90 valence electrons. The van der Waals surface area contributed by atoms with E-state index in [1.165, 1.54) is 12.4 Å². The van der Waals surface area contributed by atoms with Crippen LogP contribution in [0.15, 0.2) is 12.4 Å². The molecule has 0 bridgehead atoms. The van der Waals surface area contributed by atoms with Crippen molar-refractivity contribution in [2.75, 3.05) is 13.1 Å². The van der Waals surface area contributed by atoms with Gasteiger partial charge in [0, 0.05) is 30.9 Å². The number of hydrogen-bond donors (Lipinski definition) is 3. The molecule has 0 saturated carbocycles. The molecule has 0 atom stereocenters. The lowest BCUT2D eigenvalue weighted by Gasteiger charge is -2.39. The molecule has 0 unspecified atom stereocenters. The molecule has 1 aliphatic rings. The molecular weight excluding hydrogens is 224 g/mol. The largest absolute Gasteiger partial charge is 0.491 e. The molecule has 0 radical (unpaired) electrons. The summed E-state index contributed by atoms with van der Waals surface area (Å²) in [6.45, 7) is 2.96. The second-order valence-corrected chi connectivity index (χ2v) is 4.00. The van der Waals surface area contributed by atoms with Gasteiger partial charge in [0.1, 0.15) is 6.10 Å². The Morgan fingerprint density at radius 1 is 1.29 bits per heavy atom. The van der Waals surface area contributed by atoms with Gasteiger partial charge in [-0.15, -0.1) is 0 Å². The van der Waals surface area contributed by atoms with Gasteiger partial charge in [0.25, 0.3) is 0 Å². The van der Waals surface area contributed by atoms with E-state index in [4.69, 9.17) is 14.8 Å². The summed E-state index contributed by atoms with van der Waals surface area (Å²) in [4.78, 5) is 9.56. The van der Waals surface area contributed by atoms with Crippen molar-refractivity contribution in [3.8, 4) is 6.01 Å². The third kappa shape index (κ3) is 2.95. The first-order valence-electron chi connectivity index (χ1n) is 5.33. The highest BCUT2D eigenvalue weighted by molar-refractivity contribution is 6.58. The summed E-state index contributed by atoms with van der Waals surface area (Å²) in [5, 5.41) is 26.9. The standard InChI is InChI=1S/C8H13B2N3O4/c1-9(14)13-4-7(5-13)17-8-11-2-6(3-12-8)10(15)16/h2-3,7,14-16H,4-5H2,1H3. The van der Waals surface area contributed by atoms with Gasteiger partial charge >= 0.3 is 20.2 Å². The van der Waals surface area contributed by atoms with Crippen LogP contribution in [0.3, 0.4) is 0 Å². The van der Waals surface area contributed by atoms with Crippen LogP contribution in [0.2, 0.25) is 6.82 Å². The minimum Gasteiger partial charge on any atom is -0.457 e. The molecule has 17 heavy (non-hydrogen) atoms. The summed E-state index contributed by atoms with van der Waals surface area (Å²) in [5.41, 5.74) is 0.219. The smallest absolute Gasteiger partial charge is 0.457 e. The van der Waals surface area contributed by atoms with Gasteiger partial charge in [-0.05, 0) is 6.82 Å². The summed E-state index contributed by atoms with van der Waals surface area (Å²) >= 11 is 0. The predicted molar refractivity (Wildman–Crippen MR) is 61.7 cm³/mol. The van der Waals surface area contributed by atoms with E-state index in [9.17, 15) is 5.02 Å². The summed E-state index contributed by atoms with van der Waals surface area (Å²) in [5.74, 6) is 0. The summed E-state index contributed by atoms with van der Waals surface area (Å²) < 4.78 is 5.43. The van der Waals surface area contributed by atoms with Crippen LogP contribution in [0, 0.1) is 0 Å². The molecule has 2 heterocycles. The first kappa shape index (κ1) is 12.3. The van der Waals surface area contributed by atoms with Crippen LogP contribution < -0.4 is 10.2 Å². The van der Waals surface area contributed by atoms with Crippen LogP contribution in [0.4, 0.5) is 0 Å². The second-order valence-electron chi connectivity index (χ2n) is 4.00. The summed E-state index contributed by atoms with van der Waals surface area (Å²) in [6, 6.07) is 0.199. The Balaban J connectivity index is 1.84. The van der Waals surface area contributed by atoms with E-state index in [-0.39, 0.29) is 17.6 Å². The zero-order valence-electron chi connectivity index (χ0n) is 9.39. The van der Waals surface area contributed by atoms with Crippen molar-refractivity contribution in [2.45, 2.75) is 12.9 Å². The van der Waals surface area contributed by atoms with E-state index >= 15 is 0 Å². The Hall–Kier alpha value is -1.15. The fourth-order valence-electron chi connectivity index (χ4n) is 1.52. The minimum absolute atomic E-state index is 0.0329. The highest BCUT2D eigenvalue weighted by Gasteiger charge is 2.33. The molecule has 3 N–H and O–H groups in total. The molecule has 0 spiro atoms. The molecule has 0 amide bonds. The van der Waals surface area contributed by atoms with Gasteiger partial charge in [0.2, 0.25) is 0 Å². The van der Waals surface area contributed by atoms with Gasteiger partial charge in [-0.3, -0.25) is 0 Å². The quantitative estimate of drug-likeness (QED) is 0.491. The average molecular weight is 237 g/mol. The van der Waals surface area contributed by atoms with Crippen molar-refractivity contribution >= 4 is 19.6 Å². The SMILES string of the molecule is CB(O)N1CC(Oc2ncc(B(O)O)cn2)C1. The molecule has 9 heteroatoms. The fraction of sp³-hybridized carbons (Fsp3) is 0.500. The molecule has 0 aliphatic carbocycles. The molecule has 2 rings (SSSR count). The minimum atomic E-state index is -1.57. The van der Waals surface area contributed by atoms with Gasteiger partial charge < -0.3 is 24.6 Å². The maximum Gasteiger partial charge on any atom is 0.491 e. The Morgan fingerprint density at radius 2 is 1.88 bits per heavy atom. The second kappa shape index (κ2) is 5.01. The Labute approximate surface area is 99.4 Å². The molecule has 1 fully saturated rings. The Morgan fingerprint density at radius 3 is 2.35 bits per heavy atom. The van der Waals surface area contributed by atoms with E-state index in [0.717, 1.165) is 0 Å². The van der Waals surface area contributed by atoms with Crippen molar-refractivity contribution in [1.29, 1.82) is 0 Å². The molecule has 1 saturated heterocycles. The van der Waals surface area contributed by atoms with Crippen molar-refractivity contribution in [3.63, 3.8) is 0 Å². The van der Waals surface area contributed by atoms with Crippen LogP contribution in [0.5, 0.6) is 6.01 Å². The lowest BCUT2D eigenvalue weighted by Crippen LogP contribution is -2.59. The normalized spacial score (nSPS) is 16.5. The monoisotopic (exact) mass is 237 g/mol. The molecular formula is C8H13B2N3O4. The van der Waals surface area contributed by atoms with Crippen LogP contribution in [0.1, 0.15) is 0 Å². The molecule has 0 aromatic carbocycles. The topological polar surface area (TPSA) is 98.9 Å². The average Bonchev–Trinajstić information content (AvgIpc) is 2.23. The van der Waals surface area contributed by atoms with E-state index in [2.05, 4.69) is 9.97 Å². The number of rotatable bonds is 4. The van der Waals surface area contributed by atoms with Crippen LogP contribution in [-0.4, -0.2) is 63.2 Å². The predicted octanol–water partition coefficient (Wildman–Crippen LogP) is -2.67. The highest BCUT2D eigenvalue weighted by atomic mass is 16.5. The van der Waals surface area contributed by atoms with Gasteiger partial charge in [-0.1, -0.05) is 0 Å². The summed E-state index contributed by atoms with van der Waals surface area (Å²) in [7, 11) is -2.04. The van der Waals surface area contributed by atoms with E-state index in [0.29, 0.717) is 13.1 Å². The van der Waals surface area contributed by atoms with Crippen LogP contribution in [0.25, 0.3) is 0 Å². The third-order valence-electron chi connectivity index (χ3n) is 2.62. The van der Waals surface area contributed by atoms with Gasteiger partial charge in [0.05, 0.1) is 0 Å². The maximum atomic E-state index is 9.24. The number of nitrogens with zero attached hydrogens (tertiary/aromatic N) is 3. The lowest BCUT2D eigenvalue weighted by molar-refractivity contribution is 0.0561. The highest BCUT2D eigenvalue weighted by Crippen LogP contribution is 2.13. The maximum absolute atomic E-state index is 9.24. The van der Waals surface area contributed by atoms with Crippen molar-refractivity contribution in [3.05, 3.63) is 12.4 Å². The number of hydrogen-bond acceptors (Lipinski definition) is 7. The zero-order chi connectivity index (χ0) is 12.4. The Bertz CT molecular complexity index is 370. The van der Waals surface area contributed by atoms with Gasteiger partial charge in [0.15, 0.2) is 0 Å². The van der Waals surface area contributed by atoms with Crippen molar-refractivity contribution < 1.29 is 19.8 Å². The Kier molecular flexibility index (Phi) is 3.63. The number of ether oxygens (including phenoxy) is 1. The van der Waals surface area contributed by atoms with Crippen molar-refractivity contribution in [2.24, 2.45) is 0 Å². The third-order valence-corrected chi connectivity index (χ3v) is 2.62. The first-order valence-corrected chi connectivity index (χ1v) is 5.33. The first-order chi connectivity index (χ1) is 8.06. The lowest BCUT2D eigenvalue weighted by atomic mass is 9.81. The van der Waals surface area contributed by atoms with E-state index in [1.54, 1.807) is 6.82 Å². The van der Waals surface area contributed by atoms with Crippen molar-refractivity contribution in [1.82, 2.24) is 14.8 Å². The fourth-order valence-corrected chi connectivity index (χ4v) is 1.52.